The monoisotopic (exact) mass is 496 g/mol. The van der Waals surface area contributed by atoms with Crippen LogP contribution in [0, 0.1) is 0 Å². The first-order chi connectivity index (χ1) is 15.6. The molecule has 0 fully saturated rings. The smallest absolute Gasteiger partial charge is 0.323 e. The van der Waals surface area contributed by atoms with Crippen molar-refractivity contribution in [2.75, 3.05) is 19.6 Å². The van der Waals surface area contributed by atoms with Crippen molar-refractivity contribution >= 4 is 45.1 Å². The maximum Gasteiger partial charge on any atom is 0.323 e. The van der Waals surface area contributed by atoms with Gasteiger partial charge in [0.1, 0.15) is 6.04 Å². The van der Waals surface area contributed by atoms with Crippen LogP contribution in [0.2, 0.25) is 0 Å². The van der Waals surface area contributed by atoms with Crippen LogP contribution in [0.5, 0.6) is 0 Å². The van der Waals surface area contributed by atoms with Crippen molar-refractivity contribution in [3.05, 3.63) is 52.2 Å². The van der Waals surface area contributed by atoms with Crippen molar-refractivity contribution in [1.82, 2.24) is 15.4 Å². The third kappa shape index (κ3) is 8.17. The van der Waals surface area contributed by atoms with Crippen LogP contribution < -0.4 is 26.8 Å². The molecule has 0 radical (unpaired) electrons. The zero-order valence-electron chi connectivity index (χ0n) is 17.4. The fraction of sp³-hybridized carbons (Fsp3) is 0.263. The minimum atomic E-state index is -4.10. The van der Waals surface area contributed by atoms with Crippen molar-refractivity contribution in [2.24, 2.45) is 16.5 Å². The molecule has 33 heavy (non-hydrogen) atoms. The van der Waals surface area contributed by atoms with E-state index in [0.717, 1.165) is 11.3 Å². The topological polar surface area (TPSA) is 206 Å². The quantitative estimate of drug-likeness (QED) is 0.126. The van der Waals surface area contributed by atoms with Gasteiger partial charge >= 0.3 is 5.97 Å². The lowest BCUT2D eigenvalue weighted by Gasteiger charge is -2.15. The molecule has 2 rings (SSSR count). The Hall–Kier alpha value is -3.49. The largest absolute Gasteiger partial charge is 0.480 e. The number of carboxylic acids is 1. The Kier molecular flexibility index (Phi) is 9.32. The van der Waals surface area contributed by atoms with E-state index >= 15 is 0 Å². The molecular formula is C19H24N6O6S2. The zero-order valence-corrected chi connectivity index (χ0v) is 19.0. The fourth-order valence-electron chi connectivity index (χ4n) is 2.47. The van der Waals surface area contributed by atoms with Crippen molar-refractivity contribution < 1.29 is 27.9 Å². The molecule has 178 valence electrons. The number of hydrogen-bond donors (Lipinski definition) is 6. The molecule has 8 N–H and O–H groups in total. The Morgan fingerprint density at radius 1 is 1.00 bits per heavy atom. The molecule has 1 aromatic heterocycles. The molecular weight excluding hydrogens is 472 g/mol. The molecule has 0 saturated carbocycles. The maximum absolute atomic E-state index is 12.4. The summed E-state index contributed by atoms with van der Waals surface area (Å²) in [6, 6.07) is 8.54. The number of aliphatic imine (C=N–C) groups is 1. The van der Waals surface area contributed by atoms with E-state index in [1.807, 2.05) is 0 Å². The number of carbonyl (C=O) groups is 3. The van der Waals surface area contributed by atoms with E-state index in [1.54, 1.807) is 6.07 Å². The molecule has 14 heteroatoms. The predicted octanol–water partition coefficient (Wildman–Crippen LogP) is -0.697. The third-order valence-electron chi connectivity index (χ3n) is 4.08. The normalized spacial score (nSPS) is 11.9. The summed E-state index contributed by atoms with van der Waals surface area (Å²) in [6.45, 7) is 0.195. The molecule has 0 aliphatic rings. The highest BCUT2D eigenvalue weighted by molar-refractivity contribution is 7.89. The summed E-state index contributed by atoms with van der Waals surface area (Å²) in [4.78, 5) is 40.1. The summed E-state index contributed by atoms with van der Waals surface area (Å²) in [5, 5.41) is 14.4. The average Bonchev–Trinajstić information content (AvgIpc) is 3.27. The van der Waals surface area contributed by atoms with E-state index in [0.29, 0.717) is 19.5 Å². The van der Waals surface area contributed by atoms with Crippen LogP contribution in [0.15, 0.2) is 52.4 Å². The minimum absolute atomic E-state index is 0.0340. The molecule has 0 aliphatic carbocycles. The van der Waals surface area contributed by atoms with Gasteiger partial charge in [-0.25, -0.2) is 8.42 Å². The second-order valence-electron chi connectivity index (χ2n) is 6.62. The summed E-state index contributed by atoms with van der Waals surface area (Å²) in [5.41, 5.74) is 10.4. The van der Waals surface area contributed by atoms with Gasteiger partial charge in [-0.3, -0.25) is 19.4 Å². The lowest BCUT2D eigenvalue weighted by molar-refractivity contribution is -0.138. The first kappa shape index (κ1) is 25.8. The number of hydrogen-bond acceptors (Lipinski definition) is 7. The van der Waals surface area contributed by atoms with E-state index < -0.39 is 34.5 Å². The maximum atomic E-state index is 12.4. The average molecular weight is 497 g/mol. The Labute approximate surface area is 194 Å². The van der Waals surface area contributed by atoms with Crippen molar-refractivity contribution in [3.8, 4) is 0 Å². The molecule has 0 aliphatic heterocycles. The molecule has 2 aromatic rings. The van der Waals surface area contributed by atoms with Crippen molar-refractivity contribution in [1.29, 1.82) is 0 Å². The number of guanidine groups is 1. The number of aliphatic carboxylic acids is 1. The van der Waals surface area contributed by atoms with E-state index in [1.165, 1.54) is 36.4 Å². The van der Waals surface area contributed by atoms with Gasteiger partial charge in [0.15, 0.2) is 5.96 Å². The predicted molar refractivity (Wildman–Crippen MR) is 122 cm³/mol. The van der Waals surface area contributed by atoms with E-state index in [2.05, 4.69) is 20.3 Å². The van der Waals surface area contributed by atoms with Gasteiger partial charge in [-0.2, -0.15) is 4.72 Å². The molecule has 1 heterocycles. The number of rotatable bonds is 12. The van der Waals surface area contributed by atoms with E-state index in [9.17, 15) is 27.9 Å². The Bertz CT molecular complexity index is 1110. The number of amides is 2. The summed E-state index contributed by atoms with van der Waals surface area (Å²) in [7, 11) is -4.10. The second-order valence-corrected chi connectivity index (χ2v) is 9.41. The number of carboxylic acid groups (broad SMARTS) is 1. The Balaban J connectivity index is 1.91. The van der Waals surface area contributed by atoms with Gasteiger partial charge < -0.3 is 27.2 Å². The number of thiophene rings is 1. The van der Waals surface area contributed by atoms with Crippen molar-refractivity contribution in [3.63, 3.8) is 0 Å². The van der Waals surface area contributed by atoms with Gasteiger partial charge in [0, 0.05) is 19.6 Å². The van der Waals surface area contributed by atoms with E-state index in [4.69, 9.17) is 11.5 Å². The first-order valence-corrected chi connectivity index (χ1v) is 11.9. The number of nitrogens with two attached hydrogens (primary N) is 2. The number of sulfonamides is 1. The Morgan fingerprint density at radius 3 is 2.18 bits per heavy atom. The highest BCUT2D eigenvalue weighted by atomic mass is 32.2. The minimum Gasteiger partial charge on any atom is -0.480 e. The van der Waals surface area contributed by atoms with E-state index in [-0.39, 0.29) is 26.5 Å². The zero-order chi connectivity index (χ0) is 24.4. The Morgan fingerprint density at radius 2 is 1.61 bits per heavy atom. The lowest BCUT2D eigenvalue weighted by atomic mass is 10.3. The van der Waals surface area contributed by atoms with Gasteiger partial charge in [-0.05, 0) is 30.7 Å². The summed E-state index contributed by atoms with van der Waals surface area (Å²) in [5.74, 6) is -2.52. The number of benzene rings is 1. The van der Waals surface area contributed by atoms with Crippen LogP contribution in [-0.2, 0) is 14.8 Å². The van der Waals surface area contributed by atoms with Gasteiger partial charge in [0.05, 0.1) is 14.6 Å². The van der Waals surface area contributed by atoms with Crippen LogP contribution in [0.1, 0.15) is 25.8 Å². The molecule has 0 spiro atoms. The SMILES string of the molecule is NC(N)=NCCCNC(=O)c1ccc(C(=O)NCC(NS(=O)(=O)c2ccccc2)C(=O)O)s1. The molecule has 1 atom stereocenters. The number of nitrogens with zero attached hydrogens (tertiary/aromatic N) is 1. The van der Waals surface area contributed by atoms with Crippen LogP contribution in [-0.4, -0.2) is 62.9 Å². The van der Waals surface area contributed by atoms with Gasteiger partial charge in [-0.15, -0.1) is 11.3 Å². The molecule has 12 nitrogen and oxygen atoms in total. The fourth-order valence-corrected chi connectivity index (χ4v) is 4.52. The van der Waals surface area contributed by atoms with Crippen LogP contribution in [0.4, 0.5) is 0 Å². The summed E-state index contributed by atoms with van der Waals surface area (Å²) in [6.07, 6.45) is 0.526. The van der Waals surface area contributed by atoms with Crippen molar-refractivity contribution in [2.45, 2.75) is 17.4 Å². The highest BCUT2D eigenvalue weighted by Gasteiger charge is 2.26. The third-order valence-corrected chi connectivity index (χ3v) is 6.65. The first-order valence-electron chi connectivity index (χ1n) is 9.62. The van der Waals surface area contributed by atoms with Crippen LogP contribution >= 0.6 is 11.3 Å². The van der Waals surface area contributed by atoms with Gasteiger partial charge in [-0.1, -0.05) is 18.2 Å². The molecule has 0 saturated heterocycles. The van der Waals surface area contributed by atoms with Gasteiger partial charge in [0.2, 0.25) is 10.0 Å². The summed E-state index contributed by atoms with van der Waals surface area (Å²) < 4.78 is 26.8. The lowest BCUT2D eigenvalue weighted by Crippen LogP contribution is -2.48. The number of carbonyl (C=O) groups excluding carboxylic acids is 2. The number of nitrogens with one attached hydrogen (secondary N) is 3. The molecule has 0 bridgehead atoms. The molecule has 1 unspecified atom stereocenters. The molecule has 1 aromatic carbocycles. The summed E-state index contributed by atoms with van der Waals surface area (Å²) >= 11 is 0.910. The second kappa shape index (κ2) is 11.9. The van der Waals surface area contributed by atoms with Crippen LogP contribution in [0.3, 0.4) is 0 Å². The highest BCUT2D eigenvalue weighted by Crippen LogP contribution is 2.16. The van der Waals surface area contributed by atoms with Gasteiger partial charge in [0.25, 0.3) is 11.8 Å². The van der Waals surface area contributed by atoms with Crippen LogP contribution in [0.25, 0.3) is 0 Å². The standard InChI is InChI=1S/C19H24N6O6S2/c20-19(21)23-10-4-9-22-16(26)14-7-8-15(32-14)17(27)24-11-13(18(28)29)25-33(30,31)12-5-2-1-3-6-12/h1-3,5-8,13,25H,4,9-11H2,(H,22,26)(H,24,27)(H,28,29)(H4,20,21,23). The molecule has 2 amide bonds.